The Hall–Kier alpha value is -3.60. The van der Waals surface area contributed by atoms with Crippen molar-refractivity contribution in [2.24, 2.45) is 10.7 Å². The van der Waals surface area contributed by atoms with E-state index in [2.05, 4.69) is 19.9 Å². The first-order valence-electron chi connectivity index (χ1n) is 9.50. The van der Waals surface area contributed by atoms with E-state index in [1.165, 1.54) is 31.6 Å². The first-order chi connectivity index (χ1) is 15.0. The quantitative estimate of drug-likeness (QED) is 0.530. The molecule has 11 heteroatoms. The van der Waals surface area contributed by atoms with Crippen molar-refractivity contribution in [2.75, 3.05) is 18.4 Å². The van der Waals surface area contributed by atoms with E-state index in [0.717, 1.165) is 24.0 Å². The van der Waals surface area contributed by atoms with Gasteiger partial charge in [0.1, 0.15) is 16.0 Å². The van der Waals surface area contributed by atoms with Crippen LogP contribution >= 0.6 is 0 Å². The van der Waals surface area contributed by atoms with Crippen LogP contribution in [0.25, 0.3) is 11.0 Å². The molecular formula is C20H21N5O5S. The number of benzene rings is 1. The number of nitrogens with zero attached hydrogens (tertiary/aromatic N) is 3. The van der Waals surface area contributed by atoms with Gasteiger partial charge < -0.3 is 19.7 Å². The summed E-state index contributed by atoms with van der Waals surface area (Å²) in [6.07, 6.45) is 7.71. The van der Waals surface area contributed by atoms with Crippen LogP contribution in [0.3, 0.4) is 0 Å². The van der Waals surface area contributed by atoms with Gasteiger partial charge in [0.2, 0.25) is 5.88 Å². The maximum absolute atomic E-state index is 13.0. The van der Waals surface area contributed by atoms with Gasteiger partial charge in [-0.2, -0.15) is 0 Å². The van der Waals surface area contributed by atoms with Gasteiger partial charge in [-0.05, 0) is 48.9 Å². The lowest BCUT2D eigenvalue weighted by Gasteiger charge is -2.20. The summed E-state index contributed by atoms with van der Waals surface area (Å²) in [4.78, 5) is 8.16. The largest absolute Gasteiger partial charge is 0.492 e. The Morgan fingerprint density at radius 1 is 1.42 bits per heavy atom. The maximum Gasteiger partial charge on any atom is 0.268 e. The van der Waals surface area contributed by atoms with Crippen molar-refractivity contribution in [3.63, 3.8) is 0 Å². The first-order valence-corrected chi connectivity index (χ1v) is 11.0. The molecule has 3 heterocycles. The molecule has 1 aliphatic rings. The number of nitrogens with one attached hydrogen (secondary N) is 1. The number of aromatic nitrogens is 2. The molecule has 0 atom stereocenters. The van der Waals surface area contributed by atoms with Crippen LogP contribution in [-0.2, 0) is 23.0 Å². The Kier molecular flexibility index (Phi) is 5.76. The lowest BCUT2D eigenvalue weighted by atomic mass is 9.97. The number of ether oxygens (including phenoxy) is 2. The van der Waals surface area contributed by atoms with Gasteiger partial charge in [-0.1, -0.05) is 5.16 Å². The summed E-state index contributed by atoms with van der Waals surface area (Å²) in [5.74, 6) is 0.577. The van der Waals surface area contributed by atoms with Crippen LogP contribution in [0.1, 0.15) is 17.5 Å². The van der Waals surface area contributed by atoms with E-state index < -0.39 is 10.0 Å². The number of hydrogen-bond acceptors (Lipinski definition) is 9. The van der Waals surface area contributed by atoms with Gasteiger partial charge in [0, 0.05) is 18.0 Å². The fraction of sp³-hybridized carbons (Fsp3) is 0.250. The van der Waals surface area contributed by atoms with Crippen molar-refractivity contribution >= 4 is 33.0 Å². The summed E-state index contributed by atoms with van der Waals surface area (Å²) < 4.78 is 44.8. The van der Waals surface area contributed by atoms with Crippen LogP contribution in [0.15, 0.2) is 51.1 Å². The summed E-state index contributed by atoms with van der Waals surface area (Å²) in [5, 5.41) is 4.42. The Labute approximate surface area is 178 Å². The predicted molar refractivity (Wildman–Crippen MR) is 115 cm³/mol. The number of sulfonamides is 1. The molecule has 3 N–H and O–H groups in total. The normalized spacial score (nSPS) is 14.1. The summed E-state index contributed by atoms with van der Waals surface area (Å²) >= 11 is 0. The molecule has 162 valence electrons. The van der Waals surface area contributed by atoms with Crippen LogP contribution in [0.5, 0.6) is 11.6 Å². The molecule has 10 nitrogen and oxygen atoms in total. The molecule has 0 fully saturated rings. The van der Waals surface area contributed by atoms with Crippen molar-refractivity contribution in [3.05, 3.63) is 47.8 Å². The van der Waals surface area contributed by atoms with Crippen molar-refractivity contribution in [3.8, 4) is 11.6 Å². The highest BCUT2D eigenvalue weighted by Crippen LogP contribution is 2.41. The van der Waals surface area contributed by atoms with Crippen LogP contribution < -0.4 is 19.9 Å². The third-order valence-electron chi connectivity index (χ3n) is 4.74. The topological polar surface area (TPSA) is 142 Å². The van der Waals surface area contributed by atoms with E-state index in [0.29, 0.717) is 29.9 Å². The second kappa shape index (κ2) is 8.64. The summed E-state index contributed by atoms with van der Waals surface area (Å²) in [5.41, 5.74) is 7.60. The van der Waals surface area contributed by atoms with E-state index in [9.17, 15) is 8.42 Å². The molecule has 4 rings (SSSR count). The van der Waals surface area contributed by atoms with Crippen molar-refractivity contribution in [1.82, 2.24) is 10.1 Å². The third kappa shape index (κ3) is 4.04. The average Bonchev–Trinajstić information content (AvgIpc) is 3.18. The number of fused-ring (bicyclic) bond motifs is 3. The molecule has 0 aliphatic carbocycles. The smallest absolute Gasteiger partial charge is 0.268 e. The van der Waals surface area contributed by atoms with Crippen LogP contribution in [0, 0.1) is 0 Å². The van der Waals surface area contributed by atoms with Crippen LogP contribution in [0.2, 0.25) is 0 Å². The van der Waals surface area contributed by atoms with Gasteiger partial charge in [-0.3, -0.25) is 9.71 Å². The molecule has 1 aliphatic heterocycles. The van der Waals surface area contributed by atoms with E-state index >= 15 is 0 Å². The van der Waals surface area contributed by atoms with E-state index in [1.54, 1.807) is 12.3 Å². The fourth-order valence-electron chi connectivity index (χ4n) is 3.41. The molecule has 3 aromatic rings. The fourth-order valence-corrected chi connectivity index (χ4v) is 4.54. The number of pyridine rings is 1. The molecule has 0 radical (unpaired) electrons. The highest BCUT2D eigenvalue weighted by atomic mass is 32.2. The third-order valence-corrected chi connectivity index (χ3v) is 6.10. The minimum atomic E-state index is -4.03. The number of anilines is 1. The van der Waals surface area contributed by atoms with Gasteiger partial charge in [0.15, 0.2) is 11.4 Å². The number of hydrogen-bond donors (Lipinski definition) is 2. The number of aliphatic imine (C=N–C) groups is 1. The van der Waals surface area contributed by atoms with Crippen molar-refractivity contribution in [2.45, 2.75) is 24.3 Å². The lowest BCUT2D eigenvalue weighted by molar-refractivity contribution is 0.291. The molecule has 0 spiro atoms. The van der Waals surface area contributed by atoms with E-state index in [-0.39, 0.29) is 16.6 Å². The molecule has 0 saturated carbocycles. The number of methoxy groups -OCH3 is 1. The minimum absolute atomic E-state index is 0.0206. The van der Waals surface area contributed by atoms with Crippen molar-refractivity contribution < 1.29 is 22.4 Å². The monoisotopic (exact) mass is 443 g/mol. The zero-order valence-electron chi connectivity index (χ0n) is 16.7. The first kappa shape index (κ1) is 20.7. The van der Waals surface area contributed by atoms with Gasteiger partial charge >= 0.3 is 0 Å². The number of allylic oxidation sites excluding steroid dienone is 1. The van der Waals surface area contributed by atoms with E-state index in [4.69, 9.17) is 19.7 Å². The highest BCUT2D eigenvalue weighted by Gasteiger charge is 2.27. The van der Waals surface area contributed by atoms with E-state index in [1.807, 2.05) is 6.07 Å². The molecule has 0 amide bonds. The van der Waals surface area contributed by atoms with Crippen molar-refractivity contribution in [1.29, 1.82) is 0 Å². The second-order valence-corrected chi connectivity index (χ2v) is 8.34. The Morgan fingerprint density at radius 3 is 3.10 bits per heavy atom. The van der Waals surface area contributed by atoms with Gasteiger partial charge in [-0.25, -0.2) is 13.4 Å². The number of nitrogens with two attached hydrogens (primary N) is 1. The standard InChI is InChI=1S/C20H21N5O5S/c1-28-20-16(6-2-9-23-20)31(26,27)25-19-17-15(30-24-19)11-13(12-22-8-4-7-21)14-5-3-10-29-18(14)17/h2,4,6-9,11H,3,5,10,12,21H2,1H3,(H,24,25). The van der Waals surface area contributed by atoms with Gasteiger partial charge in [-0.15, -0.1) is 0 Å². The summed E-state index contributed by atoms with van der Waals surface area (Å²) in [7, 11) is -2.68. The SMILES string of the molecule is COc1ncccc1S(=O)(=O)Nc1noc2cc(CN=CC=CN)c3c(c12)OCCC3. The molecule has 31 heavy (non-hydrogen) atoms. The summed E-state index contributed by atoms with van der Waals surface area (Å²) in [6.45, 7) is 0.916. The molecule has 1 aromatic carbocycles. The Bertz CT molecular complexity index is 1270. The maximum atomic E-state index is 13.0. The molecule has 0 bridgehead atoms. The Morgan fingerprint density at radius 2 is 2.29 bits per heavy atom. The van der Waals surface area contributed by atoms with Gasteiger partial charge in [0.05, 0.1) is 20.3 Å². The molecular weight excluding hydrogens is 422 g/mol. The zero-order valence-corrected chi connectivity index (χ0v) is 17.6. The van der Waals surface area contributed by atoms with Gasteiger partial charge in [0.25, 0.3) is 10.0 Å². The summed E-state index contributed by atoms with van der Waals surface area (Å²) in [6, 6.07) is 4.71. The molecule has 2 aromatic heterocycles. The Balaban J connectivity index is 1.77. The minimum Gasteiger partial charge on any atom is -0.492 e. The zero-order chi connectivity index (χ0) is 21.8. The molecule has 0 unspecified atom stereocenters. The highest BCUT2D eigenvalue weighted by molar-refractivity contribution is 7.92. The average molecular weight is 443 g/mol. The predicted octanol–water partition coefficient (Wildman–Crippen LogP) is 2.40. The van der Waals surface area contributed by atoms with Crippen LogP contribution in [0.4, 0.5) is 5.82 Å². The number of rotatable bonds is 7. The lowest BCUT2D eigenvalue weighted by Crippen LogP contribution is -2.16. The molecule has 0 saturated heterocycles. The van der Waals surface area contributed by atoms with Crippen LogP contribution in [-0.4, -0.2) is 38.5 Å². The second-order valence-electron chi connectivity index (χ2n) is 6.69.